The van der Waals surface area contributed by atoms with E-state index < -0.39 is 17.8 Å². The zero-order chi connectivity index (χ0) is 15.2. The molecule has 0 atom stereocenters. The van der Waals surface area contributed by atoms with Gasteiger partial charge in [0.15, 0.2) is 0 Å². The summed E-state index contributed by atoms with van der Waals surface area (Å²) in [5, 5.41) is 2.70. The number of rotatable bonds is 7. The van der Waals surface area contributed by atoms with E-state index in [-0.39, 0.29) is 11.4 Å². The van der Waals surface area contributed by atoms with Gasteiger partial charge < -0.3 is 15.8 Å². The number of hydrogen-bond acceptors (Lipinski definition) is 4. The SMILES string of the molecule is COCCCCNc1nc(C(F)(F)F)ccc1C(N)=O. The van der Waals surface area contributed by atoms with Gasteiger partial charge in [0.05, 0.1) is 5.56 Å². The second-order valence-corrected chi connectivity index (χ2v) is 4.08. The molecule has 1 heterocycles. The number of amides is 1. The number of methoxy groups -OCH3 is 1. The minimum absolute atomic E-state index is 0.0651. The van der Waals surface area contributed by atoms with E-state index in [9.17, 15) is 18.0 Å². The highest BCUT2D eigenvalue weighted by molar-refractivity contribution is 5.97. The molecule has 0 saturated carbocycles. The first kappa shape index (κ1) is 16.2. The van der Waals surface area contributed by atoms with Crippen LogP contribution in [0.15, 0.2) is 12.1 Å². The Bertz CT molecular complexity index is 464. The highest BCUT2D eigenvalue weighted by atomic mass is 19.4. The fourth-order valence-corrected chi connectivity index (χ4v) is 1.53. The van der Waals surface area contributed by atoms with Gasteiger partial charge in [-0.1, -0.05) is 0 Å². The minimum atomic E-state index is -4.57. The number of aromatic nitrogens is 1. The fraction of sp³-hybridized carbons (Fsp3) is 0.500. The first-order valence-corrected chi connectivity index (χ1v) is 5.97. The Morgan fingerprint density at radius 1 is 1.40 bits per heavy atom. The lowest BCUT2D eigenvalue weighted by atomic mass is 10.2. The van der Waals surface area contributed by atoms with Gasteiger partial charge in [-0.2, -0.15) is 13.2 Å². The van der Waals surface area contributed by atoms with E-state index in [1.54, 1.807) is 7.11 Å². The molecule has 112 valence electrons. The van der Waals surface area contributed by atoms with E-state index in [1.165, 1.54) is 0 Å². The van der Waals surface area contributed by atoms with Crippen LogP contribution in [0.4, 0.5) is 19.0 Å². The van der Waals surface area contributed by atoms with Gasteiger partial charge in [0, 0.05) is 20.3 Å². The number of pyridine rings is 1. The van der Waals surface area contributed by atoms with Crippen LogP contribution in [0.5, 0.6) is 0 Å². The molecule has 0 unspecified atom stereocenters. The molecule has 20 heavy (non-hydrogen) atoms. The number of halogens is 3. The standard InChI is InChI=1S/C12H16F3N3O2/c1-20-7-3-2-6-17-11-8(10(16)19)4-5-9(18-11)12(13,14)15/h4-5H,2-3,6-7H2,1H3,(H2,16,19)(H,17,18). The minimum Gasteiger partial charge on any atom is -0.385 e. The van der Waals surface area contributed by atoms with Crippen LogP contribution in [0.25, 0.3) is 0 Å². The number of unbranched alkanes of at least 4 members (excludes halogenated alkanes) is 1. The average molecular weight is 291 g/mol. The topological polar surface area (TPSA) is 77.2 Å². The molecule has 3 N–H and O–H groups in total. The van der Waals surface area contributed by atoms with Gasteiger partial charge in [-0.05, 0) is 25.0 Å². The van der Waals surface area contributed by atoms with Crippen LogP contribution in [-0.4, -0.2) is 31.2 Å². The Morgan fingerprint density at radius 2 is 2.10 bits per heavy atom. The van der Waals surface area contributed by atoms with Crippen molar-refractivity contribution in [3.63, 3.8) is 0 Å². The molecule has 5 nitrogen and oxygen atoms in total. The number of nitrogens with two attached hydrogens (primary N) is 1. The second-order valence-electron chi connectivity index (χ2n) is 4.08. The normalized spacial score (nSPS) is 11.4. The smallest absolute Gasteiger partial charge is 0.385 e. The molecule has 8 heteroatoms. The van der Waals surface area contributed by atoms with Crippen LogP contribution in [-0.2, 0) is 10.9 Å². The molecule has 0 aliphatic rings. The van der Waals surface area contributed by atoms with E-state index in [2.05, 4.69) is 10.3 Å². The molecule has 0 aromatic carbocycles. The number of primary amides is 1. The summed E-state index contributed by atoms with van der Waals surface area (Å²) in [6.07, 6.45) is -3.15. The molecule has 0 spiro atoms. The van der Waals surface area contributed by atoms with Crippen LogP contribution < -0.4 is 11.1 Å². The maximum Gasteiger partial charge on any atom is 0.433 e. The predicted molar refractivity (Wildman–Crippen MR) is 67.4 cm³/mol. The van der Waals surface area contributed by atoms with Crippen molar-refractivity contribution in [2.24, 2.45) is 5.73 Å². The quantitative estimate of drug-likeness (QED) is 0.754. The lowest BCUT2D eigenvalue weighted by Gasteiger charge is -2.12. The number of alkyl halides is 3. The van der Waals surface area contributed by atoms with Gasteiger partial charge in [0.2, 0.25) is 0 Å². The second kappa shape index (κ2) is 7.09. The summed E-state index contributed by atoms with van der Waals surface area (Å²) in [7, 11) is 1.56. The van der Waals surface area contributed by atoms with Crippen LogP contribution in [0.2, 0.25) is 0 Å². The van der Waals surface area contributed by atoms with Gasteiger partial charge in [-0.25, -0.2) is 4.98 Å². The van der Waals surface area contributed by atoms with Gasteiger partial charge in [0.25, 0.3) is 5.91 Å². The van der Waals surface area contributed by atoms with E-state index in [0.717, 1.165) is 18.6 Å². The highest BCUT2D eigenvalue weighted by Crippen LogP contribution is 2.29. The van der Waals surface area contributed by atoms with Crippen LogP contribution >= 0.6 is 0 Å². The number of hydrogen-bond donors (Lipinski definition) is 2. The maximum absolute atomic E-state index is 12.6. The lowest BCUT2D eigenvalue weighted by molar-refractivity contribution is -0.141. The summed E-state index contributed by atoms with van der Waals surface area (Å²) in [5.41, 5.74) is 3.97. The van der Waals surface area contributed by atoms with E-state index >= 15 is 0 Å². The van der Waals surface area contributed by atoms with Crippen molar-refractivity contribution in [1.29, 1.82) is 0 Å². The van der Waals surface area contributed by atoms with E-state index in [4.69, 9.17) is 10.5 Å². The van der Waals surface area contributed by atoms with Crippen molar-refractivity contribution in [2.75, 3.05) is 25.6 Å². The summed E-state index contributed by atoms with van der Waals surface area (Å²) in [5.74, 6) is -0.977. The first-order valence-electron chi connectivity index (χ1n) is 5.97. The molecule has 1 aromatic heterocycles. The molecule has 1 amide bonds. The zero-order valence-corrected chi connectivity index (χ0v) is 11.0. The first-order chi connectivity index (χ1) is 9.36. The molecular formula is C12H16F3N3O2. The largest absolute Gasteiger partial charge is 0.433 e. The Labute approximate surface area is 114 Å². The van der Waals surface area contributed by atoms with Gasteiger partial charge in [-0.15, -0.1) is 0 Å². The molecule has 0 aliphatic carbocycles. The average Bonchev–Trinajstić information content (AvgIpc) is 2.37. The third-order valence-electron chi connectivity index (χ3n) is 2.52. The number of carbonyl (C=O) groups is 1. The highest BCUT2D eigenvalue weighted by Gasteiger charge is 2.33. The van der Waals surface area contributed by atoms with Crippen molar-refractivity contribution >= 4 is 11.7 Å². The van der Waals surface area contributed by atoms with Crippen LogP contribution in [0.1, 0.15) is 28.9 Å². The molecule has 1 aromatic rings. The van der Waals surface area contributed by atoms with E-state index in [0.29, 0.717) is 19.6 Å². The number of nitrogens with one attached hydrogen (secondary N) is 1. The summed E-state index contributed by atoms with van der Waals surface area (Å²) >= 11 is 0. The third-order valence-corrected chi connectivity index (χ3v) is 2.52. The Kier molecular flexibility index (Phi) is 5.75. The van der Waals surface area contributed by atoms with Crippen molar-refractivity contribution in [1.82, 2.24) is 4.98 Å². The monoisotopic (exact) mass is 291 g/mol. The number of anilines is 1. The number of carbonyl (C=O) groups excluding carboxylic acids is 1. The molecule has 0 radical (unpaired) electrons. The summed E-state index contributed by atoms with van der Waals surface area (Å²) < 4.78 is 42.6. The molecule has 0 aliphatic heterocycles. The summed E-state index contributed by atoms with van der Waals surface area (Å²) in [4.78, 5) is 14.6. The maximum atomic E-state index is 12.6. The molecule has 0 saturated heterocycles. The third kappa shape index (κ3) is 4.69. The molecular weight excluding hydrogens is 275 g/mol. The fourth-order valence-electron chi connectivity index (χ4n) is 1.53. The van der Waals surface area contributed by atoms with Crippen LogP contribution in [0.3, 0.4) is 0 Å². The zero-order valence-electron chi connectivity index (χ0n) is 11.0. The predicted octanol–water partition coefficient (Wildman–Crippen LogP) is 2.04. The summed E-state index contributed by atoms with van der Waals surface area (Å²) in [6, 6.07) is 1.76. The van der Waals surface area contributed by atoms with Crippen molar-refractivity contribution < 1.29 is 22.7 Å². The Hall–Kier alpha value is -1.83. The van der Waals surface area contributed by atoms with Gasteiger partial charge >= 0.3 is 6.18 Å². The Balaban J connectivity index is 2.81. The number of nitrogens with zero attached hydrogens (tertiary/aromatic N) is 1. The molecule has 0 bridgehead atoms. The Morgan fingerprint density at radius 3 is 2.65 bits per heavy atom. The van der Waals surface area contributed by atoms with E-state index in [1.807, 2.05) is 0 Å². The van der Waals surface area contributed by atoms with Crippen molar-refractivity contribution in [2.45, 2.75) is 19.0 Å². The lowest BCUT2D eigenvalue weighted by Crippen LogP contribution is -2.18. The van der Waals surface area contributed by atoms with Crippen molar-refractivity contribution in [3.05, 3.63) is 23.4 Å². The molecule has 0 fully saturated rings. The van der Waals surface area contributed by atoms with Gasteiger partial charge in [0.1, 0.15) is 11.5 Å². The molecule has 1 rings (SSSR count). The van der Waals surface area contributed by atoms with Crippen LogP contribution in [0, 0.1) is 0 Å². The van der Waals surface area contributed by atoms with Gasteiger partial charge in [-0.3, -0.25) is 4.79 Å². The summed E-state index contributed by atoms with van der Waals surface area (Å²) in [6.45, 7) is 0.929. The number of ether oxygens (including phenoxy) is 1. The van der Waals surface area contributed by atoms with Crippen molar-refractivity contribution in [3.8, 4) is 0 Å².